The van der Waals surface area contributed by atoms with Crippen molar-refractivity contribution in [2.45, 2.75) is 45.4 Å². The van der Waals surface area contributed by atoms with E-state index in [-0.39, 0.29) is 38.2 Å². The third-order valence-corrected chi connectivity index (χ3v) is 1.93. The van der Waals surface area contributed by atoms with Gasteiger partial charge in [-0.1, -0.05) is 39.0 Å². The number of unbranched alkanes of at least 4 members (excludes halogenated alkanes) is 5. The van der Waals surface area contributed by atoms with E-state index in [0.717, 1.165) is 6.42 Å². The minimum absolute atomic E-state index is 0. The molecule has 68 valence electrons. The Labute approximate surface area is 99.0 Å². The van der Waals surface area contributed by atoms with Gasteiger partial charge in [-0.05, 0) is 6.42 Å². The standard InChI is InChI=1S/C8H17O2P.Na.H/c1-2-3-4-5-6-7-8-10-11-9;;/h2-8H2,1H3;;. The molecular weight excluding hydrogens is 182 g/mol. The van der Waals surface area contributed by atoms with Gasteiger partial charge in [0.25, 0.3) is 0 Å². The van der Waals surface area contributed by atoms with Crippen molar-refractivity contribution in [2.75, 3.05) is 6.61 Å². The van der Waals surface area contributed by atoms with Crippen LogP contribution in [0.2, 0.25) is 0 Å². The third-order valence-electron chi connectivity index (χ3n) is 1.64. The topological polar surface area (TPSA) is 26.3 Å². The van der Waals surface area contributed by atoms with Gasteiger partial charge in [0.2, 0.25) is 0 Å². The molecule has 0 spiro atoms. The van der Waals surface area contributed by atoms with E-state index in [2.05, 4.69) is 11.4 Å². The van der Waals surface area contributed by atoms with Crippen LogP contribution in [0.3, 0.4) is 0 Å². The van der Waals surface area contributed by atoms with Gasteiger partial charge in [-0.3, -0.25) is 4.52 Å². The van der Waals surface area contributed by atoms with Gasteiger partial charge in [0.15, 0.2) is 0 Å². The maximum atomic E-state index is 9.82. The molecule has 0 N–H and O–H groups in total. The Kier molecular flexibility index (Phi) is 18.9. The molecule has 0 fully saturated rings. The zero-order valence-electron chi connectivity index (χ0n) is 7.21. The van der Waals surface area contributed by atoms with Crippen LogP contribution < -0.4 is 0 Å². The number of hydrogen-bond donors (Lipinski definition) is 0. The molecular formula is C8H18NaO2P. The Bertz CT molecular complexity index is 91.1. The van der Waals surface area contributed by atoms with Crippen LogP contribution in [0, 0.1) is 0 Å². The minimum atomic E-state index is -0.180. The molecule has 0 rings (SSSR count). The van der Waals surface area contributed by atoms with E-state index in [4.69, 9.17) is 0 Å². The van der Waals surface area contributed by atoms with Crippen LogP contribution in [0.1, 0.15) is 45.4 Å². The molecule has 0 aliphatic carbocycles. The van der Waals surface area contributed by atoms with Gasteiger partial charge in [0.05, 0.1) is 6.61 Å². The second kappa shape index (κ2) is 14.6. The summed E-state index contributed by atoms with van der Waals surface area (Å²) in [6, 6.07) is 0. The molecule has 4 heteroatoms. The fourth-order valence-corrected chi connectivity index (χ4v) is 1.19. The van der Waals surface area contributed by atoms with Crippen LogP contribution in [0.25, 0.3) is 0 Å². The quantitative estimate of drug-likeness (QED) is 0.342. The SMILES string of the molecule is CCCCCCCCOP=O.[NaH]. The summed E-state index contributed by atoms with van der Waals surface area (Å²) in [5.74, 6) is 0. The van der Waals surface area contributed by atoms with E-state index in [0.29, 0.717) is 6.61 Å². The van der Waals surface area contributed by atoms with Crippen molar-refractivity contribution >= 4 is 38.2 Å². The zero-order chi connectivity index (χ0) is 8.36. The first-order valence-corrected chi connectivity index (χ1v) is 5.09. The van der Waals surface area contributed by atoms with Gasteiger partial charge < -0.3 is 0 Å². The van der Waals surface area contributed by atoms with E-state index in [1.807, 2.05) is 0 Å². The molecule has 0 aliphatic heterocycles. The zero-order valence-corrected chi connectivity index (χ0v) is 8.11. The van der Waals surface area contributed by atoms with Crippen molar-refractivity contribution in [3.8, 4) is 0 Å². The van der Waals surface area contributed by atoms with Gasteiger partial charge in [-0.25, -0.2) is 4.57 Å². The monoisotopic (exact) mass is 200 g/mol. The molecule has 0 aromatic heterocycles. The van der Waals surface area contributed by atoms with Gasteiger partial charge in [0.1, 0.15) is 0 Å². The molecule has 0 bridgehead atoms. The van der Waals surface area contributed by atoms with Gasteiger partial charge in [-0.15, -0.1) is 0 Å². The van der Waals surface area contributed by atoms with E-state index >= 15 is 0 Å². The summed E-state index contributed by atoms with van der Waals surface area (Å²) >= 11 is 0. The average Bonchev–Trinajstić information content (AvgIpc) is 2.03. The van der Waals surface area contributed by atoms with Gasteiger partial charge in [-0.2, -0.15) is 0 Å². The predicted molar refractivity (Wildman–Crippen MR) is 54.1 cm³/mol. The van der Waals surface area contributed by atoms with E-state index < -0.39 is 0 Å². The van der Waals surface area contributed by atoms with Crippen LogP contribution in [0.15, 0.2) is 0 Å². The molecule has 0 saturated carbocycles. The van der Waals surface area contributed by atoms with Crippen molar-refractivity contribution in [3.05, 3.63) is 0 Å². The molecule has 2 nitrogen and oxygen atoms in total. The van der Waals surface area contributed by atoms with Crippen LogP contribution in [-0.2, 0) is 9.09 Å². The maximum absolute atomic E-state index is 9.82. The molecule has 0 aromatic carbocycles. The Morgan fingerprint density at radius 1 is 1.08 bits per heavy atom. The van der Waals surface area contributed by atoms with E-state index in [1.165, 1.54) is 32.1 Å². The first kappa shape index (κ1) is 15.5. The third kappa shape index (κ3) is 13.6. The van der Waals surface area contributed by atoms with Gasteiger partial charge in [0, 0.05) is 0 Å². The van der Waals surface area contributed by atoms with E-state index in [9.17, 15) is 4.57 Å². The summed E-state index contributed by atoms with van der Waals surface area (Å²) in [6.45, 7) is 2.84. The fraction of sp³-hybridized carbons (Fsp3) is 1.00. The Balaban J connectivity index is 0. The molecule has 0 saturated heterocycles. The molecule has 0 heterocycles. The average molecular weight is 200 g/mol. The Morgan fingerprint density at radius 3 is 2.25 bits per heavy atom. The summed E-state index contributed by atoms with van der Waals surface area (Å²) in [4.78, 5) is 0. The molecule has 12 heavy (non-hydrogen) atoms. The Hall–Kier alpha value is 1.06. The summed E-state index contributed by atoms with van der Waals surface area (Å²) in [5, 5.41) is 0. The number of hydrogen-bond acceptors (Lipinski definition) is 2. The molecule has 0 atom stereocenters. The predicted octanol–water partition coefficient (Wildman–Crippen LogP) is 2.92. The van der Waals surface area contributed by atoms with Crippen LogP contribution in [0.5, 0.6) is 0 Å². The summed E-state index contributed by atoms with van der Waals surface area (Å²) < 4.78 is 14.5. The van der Waals surface area contributed by atoms with Crippen LogP contribution >= 0.6 is 8.69 Å². The molecule has 0 amide bonds. The summed E-state index contributed by atoms with van der Waals surface area (Å²) in [5.41, 5.74) is 0. The van der Waals surface area contributed by atoms with Crippen LogP contribution in [0.4, 0.5) is 0 Å². The molecule has 0 unspecified atom stereocenters. The van der Waals surface area contributed by atoms with Crippen molar-refractivity contribution in [2.24, 2.45) is 0 Å². The van der Waals surface area contributed by atoms with E-state index in [1.54, 1.807) is 0 Å². The summed E-state index contributed by atoms with van der Waals surface area (Å²) in [6.07, 6.45) is 7.48. The van der Waals surface area contributed by atoms with Crippen molar-refractivity contribution in [1.82, 2.24) is 0 Å². The van der Waals surface area contributed by atoms with Gasteiger partial charge >= 0.3 is 38.2 Å². The normalized spacial score (nSPS) is 9.75. The molecule has 0 aliphatic rings. The van der Waals surface area contributed by atoms with Crippen LogP contribution in [-0.4, -0.2) is 36.2 Å². The second-order valence-electron chi connectivity index (χ2n) is 2.68. The fourth-order valence-electron chi connectivity index (χ4n) is 0.984. The molecule has 0 aromatic rings. The second-order valence-corrected chi connectivity index (χ2v) is 3.08. The molecule has 0 radical (unpaired) electrons. The Morgan fingerprint density at radius 2 is 1.67 bits per heavy atom. The first-order chi connectivity index (χ1) is 5.41. The number of rotatable bonds is 8. The van der Waals surface area contributed by atoms with Crippen molar-refractivity contribution < 1.29 is 9.09 Å². The first-order valence-electron chi connectivity index (χ1n) is 4.36. The van der Waals surface area contributed by atoms with Crippen molar-refractivity contribution in [1.29, 1.82) is 0 Å². The summed E-state index contributed by atoms with van der Waals surface area (Å²) in [7, 11) is -0.180. The van der Waals surface area contributed by atoms with Crippen molar-refractivity contribution in [3.63, 3.8) is 0 Å².